The second-order valence-electron chi connectivity index (χ2n) is 13.8. The Morgan fingerprint density at radius 3 is 1.43 bits per heavy atom. The molecular weight excluding hydrogens is 536 g/mol. The van der Waals surface area contributed by atoms with Crippen LogP contribution in [0.4, 0.5) is 0 Å². The predicted octanol–water partition coefficient (Wildman–Crippen LogP) is 10.6. The molecule has 3 heterocycles. The first-order chi connectivity index (χ1) is 21.0. The minimum absolute atomic E-state index is 0.0358. The molecule has 4 nitrogen and oxygen atoms in total. The zero-order valence-corrected chi connectivity index (χ0v) is 26.4. The highest BCUT2D eigenvalue weighted by molar-refractivity contribution is 6.11. The fourth-order valence-electron chi connectivity index (χ4n) is 6.30. The number of rotatable bonds is 4. The lowest BCUT2D eigenvalue weighted by Gasteiger charge is -2.19. The molecule has 0 N–H and O–H groups in total. The van der Waals surface area contributed by atoms with Gasteiger partial charge in [-0.25, -0.2) is 4.98 Å². The molecule has 0 bridgehead atoms. The zero-order chi connectivity index (χ0) is 31.0. The van der Waals surface area contributed by atoms with E-state index in [9.17, 15) is 0 Å². The van der Waals surface area contributed by atoms with Crippen molar-refractivity contribution in [3.8, 4) is 11.8 Å². The molecule has 44 heavy (non-hydrogen) atoms. The van der Waals surface area contributed by atoms with Crippen LogP contribution >= 0.6 is 0 Å². The van der Waals surface area contributed by atoms with Gasteiger partial charge in [0.1, 0.15) is 5.82 Å². The Kier molecular flexibility index (Phi) is 6.19. The van der Waals surface area contributed by atoms with Crippen molar-refractivity contribution >= 4 is 55.8 Å². The van der Waals surface area contributed by atoms with Gasteiger partial charge in [-0.2, -0.15) is 4.98 Å². The Bertz CT molecular complexity index is 2140. The van der Waals surface area contributed by atoms with Crippen molar-refractivity contribution in [1.29, 1.82) is 0 Å². The number of nitrogens with zero attached hydrogens (tertiary/aromatic N) is 4. The van der Waals surface area contributed by atoms with Crippen molar-refractivity contribution in [2.75, 3.05) is 0 Å². The van der Waals surface area contributed by atoms with E-state index in [4.69, 9.17) is 9.97 Å². The van der Waals surface area contributed by atoms with Crippen molar-refractivity contribution in [3.63, 3.8) is 0 Å². The molecule has 0 aliphatic rings. The maximum absolute atomic E-state index is 5.26. The summed E-state index contributed by atoms with van der Waals surface area (Å²) in [6.45, 7) is 21.6. The van der Waals surface area contributed by atoms with Crippen molar-refractivity contribution in [2.24, 2.45) is 0 Å². The van der Waals surface area contributed by atoms with Crippen LogP contribution in [-0.2, 0) is 10.8 Å². The third-order valence-corrected chi connectivity index (χ3v) is 8.84. The molecule has 3 aromatic heterocycles. The summed E-state index contributed by atoms with van der Waals surface area (Å²) in [4.78, 5) is 10.1. The average molecular weight is 575 g/mol. The molecule has 0 radical (unpaired) electrons. The largest absolute Gasteiger partial charge is 0.294 e. The van der Waals surface area contributed by atoms with Crippen LogP contribution in [0.2, 0.25) is 0 Å². The Balaban J connectivity index is 1.52. The second kappa shape index (κ2) is 9.78. The highest BCUT2D eigenvalue weighted by atomic mass is 15.2. The molecule has 0 atom stereocenters. The summed E-state index contributed by atoms with van der Waals surface area (Å²) in [6.07, 6.45) is 5.65. The molecule has 7 aromatic rings. The molecule has 0 amide bonds. The van der Waals surface area contributed by atoms with Gasteiger partial charge in [0.2, 0.25) is 5.95 Å². The first-order valence-electron chi connectivity index (χ1n) is 15.2. The summed E-state index contributed by atoms with van der Waals surface area (Å²) in [5, 5.41) is 4.75. The number of hydrogen-bond acceptors (Lipinski definition) is 2. The van der Waals surface area contributed by atoms with Crippen LogP contribution in [0.3, 0.4) is 0 Å². The molecule has 0 saturated carbocycles. The normalized spacial score (nSPS) is 12.5. The Labute approximate surface area is 259 Å². The van der Waals surface area contributed by atoms with Gasteiger partial charge in [0.05, 0.1) is 22.1 Å². The highest BCUT2D eigenvalue weighted by Crippen LogP contribution is 2.38. The first kappa shape index (κ1) is 27.8. The van der Waals surface area contributed by atoms with E-state index in [0.29, 0.717) is 5.95 Å². The van der Waals surface area contributed by atoms with Gasteiger partial charge in [-0.15, -0.1) is 0 Å². The molecule has 0 aliphatic heterocycles. The van der Waals surface area contributed by atoms with Gasteiger partial charge in [-0.1, -0.05) is 91.1 Å². The summed E-state index contributed by atoms with van der Waals surface area (Å²) in [7, 11) is 0. The van der Waals surface area contributed by atoms with Gasteiger partial charge in [0, 0.05) is 27.7 Å². The molecule has 4 aromatic carbocycles. The maximum Gasteiger partial charge on any atom is 0.236 e. The van der Waals surface area contributed by atoms with Crippen molar-refractivity contribution < 1.29 is 0 Å². The maximum atomic E-state index is 5.26. The van der Waals surface area contributed by atoms with Crippen LogP contribution in [0.1, 0.15) is 63.8 Å². The van der Waals surface area contributed by atoms with Crippen molar-refractivity contribution in [1.82, 2.24) is 19.1 Å². The van der Waals surface area contributed by atoms with Crippen LogP contribution in [0, 0.1) is 0 Å². The van der Waals surface area contributed by atoms with Gasteiger partial charge >= 0.3 is 0 Å². The van der Waals surface area contributed by atoms with E-state index >= 15 is 0 Å². The molecule has 0 aliphatic carbocycles. The van der Waals surface area contributed by atoms with Crippen LogP contribution in [0.15, 0.2) is 98.2 Å². The molecule has 0 saturated heterocycles. The lowest BCUT2D eigenvalue weighted by Crippen LogP contribution is -2.10. The van der Waals surface area contributed by atoms with Gasteiger partial charge in [0.15, 0.2) is 0 Å². The van der Waals surface area contributed by atoms with E-state index in [-0.39, 0.29) is 10.8 Å². The Hall–Kier alpha value is -4.96. The first-order valence-corrected chi connectivity index (χ1v) is 15.2. The van der Waals surface area contributed by atoms with E-state index in [1.807, 2.05) is 24.4 Å². The van der Waals surface area contributed by atoms with Crippen LogP contribution in [-0.4, -0.2) is 19.1 Å². The third kappa shape index (κ3) is 4.36. The minimum Gasteiger partial charge on any atom is -0.294 e. The Morgan fingerprint density at radius 1 is 0.545 bits per heavy atom. The molecule has 0 unspecified atom stereocenters. The lowest BCUT2D eigenvalue weighted by molar-refractivity contribution is 0.590. The number of fused-ring (bicyclic) bond motifs is 6. The van der Waals surface area contributed by atoms with Gasteiger partial charge < -0.3 is 0 Å². The van der Waals surface area contributed by atoms with Crippen LogP contribution in [0.5, 0.6) is 0 Å². The standard InChI is InChI=1S/C40H38N4/c1-9-25-11-15-33-29(21-25)30-22-26(10-2)12-16-34(30)43(33)37-19-20-41-38(42-37)44-35-17-13-27(39(3,4)5)23-31(35)32-24-28(40(6,7)8)14-18-36(32)44/h9-24H,1-2H2,3-8H3. The molecule has 4 heteroatoms. The molecular formula is C40H38N4. The molecule has 218 valence electrons. The number of benzene rings is 4. The van der Waals surface area contributed by atoms with E-state index in [1.54, 1.807) is 0 Å². The topological polar surface area (TPSA) is 35.6 Å². The smallest absolute Gasteiger partial charge is 0.236 e. The fourth-order valence-corrected chi connectivity index (χ4v) is 6.30. The quantitative estimate of drug-likeness (QED) is 0.210. The number of hydrogen-bond donors (Lipinski definition) is 0. The van der Waals surface area contributed by atoms with Crippen LogP contribution in [0.25, 0.3) is 67.5 Å². The van der Waals surface area contributed by atoms with Crippen molar-refractivity contribution in [3.05, 3.63) is 120 Å². The van der Waals surface area contributed by atoms with E-state index < -0.39 is 0 Å². The van der Waals surface area contributed by atoms with Gasteiger partial charge in [-0.3, -0.25) is 9.13 Å². The molecule has 0 fully saturated rings. The summed E-state index contributed by atoms with van der Waals surface area (Å²) in [5.41, 5.74) is 9.23. The summed E-state index contributed by atoms with van der Waals surface area (Å²) >= 11 is 0. The third-order valence-electron chi connectivity index (χ3n) is 8.84. The van der Waals surface area contributed by atoms with E-state index in [2.05, 4.69) is 137 Å². The monoisotopic (exact) mass is 574 g/mol. The summed E-state index contributed by atoms with van der Waals surface area (Å²) in [5.74, 6) is 1.47. The minimum atomic E-state index is 0.0358. The molecule has 7 rings (SSSR count). The van der Waals surface area contributed by atoms with Crippen LogP contribution < -0.4 is 0 Å². The summed E-state index contributed by atoms with van der Waals surface area (Å²) < 4.78 is 4.45. The highest BCUT2D eigenvalue weighted by Gasteiger charge is 2.22. The molecule has 0 spiro atoms. The van der Waals surface area contributed by atoms with Gasteiger partial charge in [-0.05, 0) is 87.7 Å². The van der Waals surface area contributed by atoms with Gasteiger partial charge in [0.25, 0.3) is 0 Å². The lowest BCUT2D eigenvalue weighted by atomic mass is 9.85. The second-order valence-corrected chi connectivity index (χ2v) is 13.8. The number of aromatic nitrogens is 4. The summed E-state index contributed by atoms with van der Waals surface area (Å²) in [6, 6.07) is 28.6. The fraction of sp³-hybridized carbons (Fsp3) is 0.200. The van der Waals surface area contributed by atoms with E-state index in [0.717, 1.165) is 49.8 Å². The average Bonchev–Trinajstić information content (AvgIpc) is 3.51. The van der Waals surface area contributed by atoms with E-state index in [1.165, 1.54) is 21.9 Å². The predicted molar refractivity (Wildman–Crippen MR) is 188 cm³/mol. The Morgan fingerprint density at radius 2 is 0.977 bits per heavy atom. The zero-order valence-electron chi connectivity index (χ0n) is 26.4. The SMILES string of the molecule is C=Cc1ccc2c(c1)c1cc(C=C)ccc1n2-c1ccnc(-n2c3ccc(C(C)(C)C)cc3c3cc(C(C)(C)C)ccc32)n1. The van der Waals surface area contributed by atoms with Crippen molar-refractivity contribution in [2.45, 2.75) is 52.4 Å².